The van der Waals surface area contributed by atoms with Crippen molar-refractivity contribution in [1.82, 2.24) is 10.2 Å². The third-order valence-electron chi connectivity index (χ3n) is 2.44. The smallest absolute Gasteiger partial charge is 0.307 e. The Morgan fingerprint density at radius 1 is 1.28 bits per heavy atom. The second-order valence-electron chi connectivity index (χ2n) is 4.04. The first-order valence-electron chi connectivity index (χ1n) is 5.89. The SMILES string of the molecule is CCOP(=O)(OCC)C1C(=O)NC(=O)N1C(C)C. The van der Waals surface area contributed by atoms with E-state index in [1.165, 1.54) is 4.90 Å². The molecule has 1 N–H and O–H groups in total. The number of hydrogen-bond acceptors (Lipinski definition) is 5. The minimum atomic E-state index is -3.68. The number of nitrogens with one attached hydrogen (secondary N) is 1. The zero-order valence-electron chi connectivity index (χ0n) is 11.0. The molecule has 0 aliphatic carbocycles. The second-order valence-corrected chi connectivity index (χ2v) is 6.13. The summed E-state index contributed by atoms with van der Waals surface area (Å²) in [4.78, 5) is 24.6. The normalized spacial score (nSPS) is 20.7. The molecule has 1 aliphatic rings. The Bertz CT molecular complexity index is 374. The summed E-state index contributed by atoms with van der Waals surface area (Å²) in [6.45, 7) is 7.04. The summed E-state index contributed by atoms with van der Waals surface area (Å²) in [5.74, 6) is -1.84. The number of nitrogens with zero attached hydrogens (tertiary/aromatic N) is 1. The molecule has 0 spiro atoms. The lowest BCUT2D eigenvalue weighted by Crippen LogP contribution is -2.41. The topological polar surface area (TPSA) is 84.9 Å². The molecule has 0 aromatic heterocycles. The van der Waals surface area contributed by atoms with Crippen molar-refractivity contribution in [2.24, 2.45) is 0 Å². The molecule has 1 rings (SSSR count). The Morgan fingerprint density at radius 3 is 2.17 bits per heavy atom. The third kappa shape index (κ3) is 2.74. The molecule has 0 aromatic carbocycles. The highest BCUT2D eigenvalue weighted by Crippen LogP contribution is 2.55. The quantitative estimate of drug-likeness (QED) is 0.588. The second kappa shape index (κ2) is 5.82. The van der Waals surface area contributed by atoms with Gasteiger partial charge in [0.15, 0.2) is 0 Å². The monoisotopic (exact) mass is 278 g/mol. The molecule has 18 heavy (non-hydrogen) atoms. The fourth-order valence-corrected chi connectivity index (χ4v) is 3.93. The molecular weight excluding hydrogens is 259 g/mol. The average molecular weight is 278 g/mol. The zero-order valence-corrected chi connectivity index (χ0v) is 11.9. The Kier molecular flexibility index (Phi) is 4.90. The molecule has 1 unspecified atom stereocenters. The first kappa shape index (κ1) is 15.1. The van der Waals surface area contributed by atoms with Crippen LogP contribution in [-0.4, -0.2) is 41.9 Å². The van der Waals surface area contributed by atoms with E-state index in [1.54, 1.807) is 27.7 Å². The van der Waals surface area contributed by atoms with Crippen LogP contribution in [0.2, 0.25) is 0 Å². The van der Waals surface area contributed by atoms with Gasteiger partial charge in [0.2, 0.25) is 5.78 Å². The highest BCUT2D eigenvalue weighted by Gasteiger charge is 2.53. The number of carbonyl (C=O) groups excluding carboxylic acids is 2. The molecule has 1 aliphatic heterocycles. The van der Waals surface area contributed by atoms with Crippen LogP contribution in [0.3, 0.4) is 0 Å². The van der Waals surface area contributed by atoms with Crippen LogP contribution in [-0.2, 0) is 18.4 Å². The van der Waals surface area contributed by atoms with Crippen molar-refractivity contribution in [3.8, 4) is 0 Å². The van der Waals surface area contributed by atoms with E-state index in [1.807, 2.05) is 0 Å². The number of rotatable bonds is 6. The molecule has 1 atom stereocenters. The lowest BCUT2D eigenvalue weighted by Gasteiger charge is -2.30. The molecule has 7 nitrogen and oxygen atoms in total. The van der Waals surface area contributed by atoms with Crippen LogP contribution in [0.4, 0.5) is 4.79 Å². The van der Waals surface area contributed by atoms with E-state index in [4.69, 9.17) is 9.05 Å². The van der Waals surface area contributed by atoms with E-state index in [9.17, 15) is 14.2 Å². The standard InChI is InChI=1S/C10H19N2O5P/c1-5-16-18(15,17-6-2)9-8(13)11-10(14)12(9)7(3)4/h7,9H,5-6H2,1-4H3,(H,11,13,14). The summed E-state index contributed by atoms with van der Waals surface area (Å²) in [5, 5.41) is 2.14. The van der Waals surface area contributed by atoms with Crippen LogP contribution in [0.1, 0.15) is 27.7 Å². The molecule has 8 heteroatoms. The van der Waals surface area contributed by atoms with Crippen molar-refractivity contribution in [2.45, 2.75) is 39.5 Å². The van der Waals surface area contributed by atoms with Crippen molar-refractivity contribution >= 4 is 19.5 Å². The van der Waals surface area contributed by atoms with E-state index in [0.717, 1.165) is 0 Å². The number of hydrogen-bond donors (Lipinski definition) is 1. The van der Waals surface area contributed by atoms with Crippen molar-refractivity contribution in [2.75, 3.05) is 13.2 Å². The summed E-state index contributed by atoms with van der Waals surface area (Å²) in [6, 6.07) is -0.852. The highest BCUT2D eigenvalue weighted by molar-refractivity contribution is 7.55. The minimum Gasteiger partial charge on any atom is -0.307 e. The largest absolute Gasteiger partial charge is 0.362 e. The van der Waals surface area contributed by atoms with Gasteiger partial charge in [-0.15, -0.1) is 0 Å². The van der Waals surface area contributed by atoms with Gasteiger partial charge < -0.3 is 9.05 Å². The first-order valence-corrected chi connectivity index (χ1v) is 7.50. The predicted molar refractivity (Wildman–Crippen MR) is 65.2 cm³/mol. The molecule has 0 bridgehead atoms. The van der Waals surface area contributed by atoms with Gasteiger partial charge in [-0.3, -0.25) is 19.6 Å². The van der Waals surface area contributed by atoms with Gasteiger partial charge in [0, 0.05) is 6.04 Å². The zero-order chi connectivity index (χ0) is 13.9. The van der Waals surface area contributed by atoms with Crippen molar-refractivity contribution in [3.63, 3.8) is 0 Å². The minimum absolute atomic E-state index is 0.140. The fourth-order valence-electron chi connectivity index (χ4n) is 1.82. The Labute approximate surface area is 106 Å². The third-order valence-corrected chi connectivity index (χ3v) is 4.76. The van der Waals surface area contributed by atoms with Gasteiger partial charge in [0.05, 0.1) is 13.2 Å². The molecule has 0 aromatic rings. The van der Waals surface area contributed by atoms with Crippen molar-refractivity contribution in [1.29, 1.82) is 0 Å². The van der Waals surface area contributed by atoms with Crippen LogP contribution in [0.5, 0.6) is 0 Å². The lowest BCUT2D eigenvalue weighted by molar-refractivity contribution is -0.120. The van der Waals surface area contributed by atoms with Crippen molar-refractivity contribution in [3.05, 3.63) is 0 Å². The van der Waals surface area contributed by atoms with E-state index < -0.39 is 25.3 Å². The van der Waals surface area contributed by atoms with E-state index in [2.05, 4.69) is 5.32 Å². The van der Waals surface area contributed by atoms with Gasteiger partial charge in [-0.2, -0.15) is 0 Å². The van der Waals surface area contributed by atoms with E-state index in [0.29, 0.717) is 0 Å². The van der Waals surface area contributed by atoms with Crippen molar-refractivity contribution < 1.29 is 23.2 Å². The molecule has 1 heterocycles. The molecule has 104 valence electrons. The number of urea groups is 1. The van der Waals surface area contributed by atoms with E-state index in [-0.39, 0.29) is 19.3 Å². The summed E-state index contributed by atoms with van der Waals surface area (Å²) in [7, 11) is -3.68. The van der Waals surface area contributed by atoms with Crippen LogP contribution in [0, 0.1) is 0 Å². The maximum atomic E-state index is 12.6. The van der Waals surface area contributed by atoms with Gasteiger partial charge >= 0.3 is 13.6 Å². The van der Waals surface area contributed by atoms with Crippen LogP contribution >= 0.6 is 7.60 Å². The highest BCUT2D eigenvalue weighted by atomic mass is 31.2. The van der Waals surface area contributed by atoms with Crippen LogP contribution in [0.15, 0.2) is 0 Å². The number of imide groups is 1. The van der Waals surface area contributed by atoms with Gasteiger partial charge in [0.1, 0.15) is 0 Å². The van der Waals surface area contributed by atoms with Gasteiger partial charge in [0.25, 0.3) is 5.91 Å². The fraction of sp³-hybridized carbons (Fsp3) is 0.800. The average Bonchev–Trinajstić information content (AvgIpc) is 2.54. The summed E-state index contributed by atoms with van der Waals surface area (Å²) >= 11 is 0. The van der Waals surface area contributed by atoms with Gasteiger partial charge in [-0.1, -0.05) is 0 Å². The van der Waals surface area contributed by atoms with Gasteiger partial charge in [-0.25, -0.2) is 4.79 Å². The molecule has 1 saturated heterocycles. The molecule has 3 amide bonds. The molecular formula is C10H19N2O5P. The van der Waals surface area contributed by atoms with Gasteiger partial charge in [-0.05, 0) is 27.7 Å². The maximum absolute atomic E-state index is 12.6. The predicted octanol–water partition coefficient (Wildman–Crippen LogP) is 1.54. The van der Waals surface area contributed by atoms with Crippen LogP contribution in [0.25, 0.3) is 0 Å². The first-order chi connectivity index (χ1) is 8.37. The summed E-state index contributed by atoms with van der Waals surface area (Å²) in [5.41, 5.74) is 0. The Morgan fingerprint density at radius 2 is 1.78 bits per heavy atom. The molecule has 0 radical (unpaired) electrons. The maximum Gasteiger partial charge on any atom is 0.362 e. The Hall–Kier alpha value is -0.910. The number of carbonyl (C=O) groups is 2. The molecule has 0 saturated carbocycles. The van der Waals surface area contributed by atoms with E-state index >= 15 is 0 Å². The molecule has 1 fully saturated rings. The summed E-state index contributed by atoms with van der Waals surface area (Å²) in [6.07, 6.45) is 0. The number of amides is 3. The lowest BCUT2D eigenvalue weighted by atomic mass is 10.3. The Balaban J connectivity index is 3.12. The summed E-state index contributed by atoms with van der Waals surface area (Å²) < 4.78 is 22.9. The van der Waals surface area contributed by atoms with Crippen LogP contribution < -0.4 is 5.32 Å².